The summed E-state index contributed by atoms with van der Waals surface area (Å²) in [6.07, 6.45) is 3.21. The third-order valence-electron chi connectivity index (χ3n) is 8.03. The van der Waals surface area contributed by atoms with Crippen molar-refractivity contribution in [1.82, 2.24) is 9.71 Å². The predicted octanol–water partition coefficient (Wildman–Crippen LogP) is 7.76. The molecule has 224 valence electrons. The Morgan fingerprint density at radius 2 is 1.74 bits per heavy atom. The van der Waals surface area contributed by atoms with Crippen molar-refractivity contribution in [1.29, 1.82) is 0 Å². The van der Waals surface area contributed by atoms with Crippen LogP contribution in [0.3, 0.4) is 0 Å². The van der Waals surface area contributed by atoms with Crippen molar-refractivity contribution in [3.05, 3.63) is 124 Å². The molecule has 0 bridgehead atoms. The zero-order valence-corrected chi connectivity index (χ0v) is 26.4. The van der Waals surface area contributed by atoms with Crippen LogP contribution >= 0.6 is 11.6 Å². The Morgan fingerprint density at radius 3 is 2.49 bits per heavy atom. The predicted molar refractivity (Wildman–Crippen MR) is 173 cm³/mol. The highest BCUT2D eigenvalue weighted by molar-refractivity contribution is 7.89. The van der Waals surface area contributed by atoms with Crippen molar-refractivity contribution >= 4 is 33.2 Å². The first-order valence-corrected chi connectivity index (χ1v) is 16.8. The topological polar surface area (TPSA) is 79.4 Å². The maximum atomic E-state index is 14.0. The summed E-state index contributed by atoms with van der Waals surface area (Å²) >= 11 is 6.08. The number of carbonyl (C=O) groups is 1. The normalized spacial score (nSPS) is 19.0. The van der Waals surface area contributed by atoms with Crippen LogP contribution in [0.5, 0.6) is 0 Å². The maximum absolute atomic E-state index is 14.0. The number of amides is 1. The standard InChI is InChI=1S/C33H32ClN3O3S.C2H6/c1-22-8-5-13-26(35-22)21-37(33(38)31-20-29(31)23-9-3-2-4-10-23)27-17-16-24-11-6-15-32(30(24)19-27)36-41(39,40)28-14-7-12-25(34)18-28;1-2/h2-5,7-10,12-14,16-19,29,31-32,36H,6,11,15,20-21H2,1H3;1-2H3. The van der Waals surface area contributed by atoms with E-state index in [4.69, 9.17) is 11.6 Å². The lowest BCUT2D eigenvalue weighted by molar-refractivity contribution is -0.120. The Hall–Kier alpha value is -3.52. The molecular formula is C35H38ClN3O3S. The second-order valence-electron chi connectivity index (χ2n) is 11.0. The van der Waals surface area contributed by atoms with Crippen molar-refractivity contribution in [3.8, 4) is 0 Å². The number of carbonyl (C=O) groups excluding carboxylic acids is 1. The minimum Gasteiger partial charge on any atom is -0.306 e. The molecule has 1 N–H and O–H groups in total. The van der Waals surface area contributed by atoms with E-state index in [2.05, 4.69) is 21.8 Å². The molecule has 1 saturated carbocycles. The molecule has 4 aromatic rings. The summed E-state index contributed by atoms with van der Waals surface area (Å²) in [5.74, 6) is 0.163. The quantitative estimate of drug-likeness (QED) is 0.220. The molecule has 1 fully saturated rings. The number of fused-ring (bicyclic) bond motifs is 1. The smallest absolute Gasteiger partial charge is 0.241 e. The summed E-state index contributed by atoms with van der Waals surface area (Å²) < 4.78 is 29.5. The molecule has 6 nitrogen and oxygen atoms in total. The Morgan fingerprint density at radius 1 is 0.977 bits per heavy atom. The highest BCUT2D eigenvalue weighted by atomic mass is 35.5. The molecule has 8 heteroatoms. The molecular weight excluding hydrogens is 578 g/mol. The van der Waals surface area contributed by atoms with Crippen LogP contribution in [0.25, 0.3) is 0 Å². The van der Waals surface area contributed by atoms with Crippen LogP contribution < -0.4 is 9.62 Å². The molecule has 3 unspecified atom stereocenters. The summed E-state index contributed by atoms with van der Waals surface area (Å²) in [7, 11) is -3.79. The van der Waals surface area contributed by atoms with Gasteiger partial charge in [0.1, 0.15) is 0 Å². The van der Waals surface area contributed by atoms with Crippen LogP contribution in [-0.2, 0) is 27.8 Å². The van der Waals surface area contributed by atoms with E-state index in [1.165, 1.54) is 11.6 Å². The number of rotatable bonds is 8. The number of aromatic nitrogens is 1. The Balaban J connectivity index is 0.00000180. The minimum absolute atomic E-state index is 0.0639. The van der Waals surface area contributed by atoms with Gasteiger partial charge in [-0.05, 0) is 97.7 Å². The number of nitrogens with zero attached hydrogens (tertiary/aromatic N) is 2. The van der Waals surface area contributed by atoms with Gasteiger partial charge in [0.15, 0.2) is 0 Å². The van der Waals surface area contributed by atoms with Gasteiger partial charge < -0.3 is 4.90 Å². The second-order valence-corrected chi connectivity index (χ2v) is 13.1. The third-order valence-corrected chi connectivity index (χ3v) is 9.73. The van der Waals surface area contributed by atoms with E-state index in [1.807, 2.05) is 80.3 Å². The van der Waals surface area contributed by atoms with E-state index in [-0.39, 0.29) is 22.6 Å². The Labute approximate surface area is 260 Å². The number of aryl methyl sites for hydroxylation is 2. The molecule has 2 aliphatic rings. The number of anilines is 1. The molecule has 0 radical (unpaired) electrons. The molecule has 6 rings (SSSR count). The summed E-state index contributed by atoms with van der Waals surface area (Å²) in [5, 5.41) is 0.368. The minimum atomic E-state index is -3.79. The van der Waals surface area contributed by atoms with Crippen molar-refractivity contribution < 1.29 is 13.2 Å². The molecule has 43 heavy (non-hydrogen) atoms. The van der Waals surface area contributed by atoms with E-state index >= 15 is 0 Å². The van der Waals surface area contributed by atoms with Crippen LogP contribution in [0.2, 0.25) is 5.02 Å². The average Bonchev–Trinajstić information content (AvgIpc) is 3.82. The van der Waals surface area contributed by atoms with Gasteiger partial charge in [-0.15, -0.1) is 0 Å². The van der Waals surface area contributed by atoms with Gasteiger partial charge in [0.05, 0.1) is 17.1 Å². The van der Waals surface area contributed by atoms with Crippen molar-refractivity contribution in [2.75, 3.05) is 4.90 Å². The van der Waals surface area contributed by atoms with E-state index in [1.54, 1.807) is 18.2 Å². The number of benzene rings is 3. The zero-order valence-electron chi connectivity index (χ0n) is 24.8. The second kappa shape index (κ2) is 13.4. The monoisotopic (exact) mass is 615 g/mol. The lowest BCUT2D eigenvalue weighted by atomic mass is 9.87. The van der Waals surface area contributed by atoms with Gasteiger partial charge in [-0.3, -0.25) is 9.78 Å². The van der Waals surface area contributed by atoms with E-state index in [0.717, 1.165) is 47.5 Å². The number of sulfonamides is 1. The summed E-state index contributed by atoms with van der Waals surface area (Å²) in [4.78, 5) is 20.7. The third kappa shape index (κ3) is 7.18. The largest absolute Gasteiger partial charge is 0.306 e. The van der Waals surface area contributed by atoms with Crippen molar-refractivity contribution in [3.63, 3.8) is 0 Å². The molecule has 0 spiro atoms. The number of nitrogens with one attached hydrogen (secondary N) is 1. The molecule has 0 aliphatic heterocycles. The van der Waals surface area contributed by atoms with Gasteiger partial charge in [-0.1, -0.05) is 74.0 Å². The van der Waals surface area contributed by atoms with Gasteiger partial charge in [-0.25, -0.2) is 13.1 Å². The molecule has 3 atom stereocenters. The van der Waals surface area contributed by atoms with Gasteiger partial charge in [0.25, 0.3) is 0 Å². The van der Waals surface area contributed by atoms with Gasteiger partial charge in [0.2, 0.25) is 15.9 Å². The van der Waals surface area contributed by atoms with Crippen LogP contribution in [-0.4, -0.2) is 19.3 Å². The summed E-state index contributed by atoms with van der Waals surface area (Å²) in [5.41, 5.74) is 5.64. The molecule has 3 aromatic carbocycles. The number of halogens is 1. The molecule has 2 aliphatic carbocycles. The molecule has 1 heterocycles. The molecule has 1 amide bonds. The van der Waals surface area contributed by atoms with Gasteiger partial charge in [-0.2, -0.15) is 0 Å². The first-order valence-electron chi connectivity index (χ1n) is 15.0. The zero-order chi connectivity index (χ0) is 30.6. The Kier molecular flexibility index (Phi) is 9.65. The maximum Gasteiger partial charge on any atom is 0.241 e. The SMILES string of the molecule is CC.Cc1cccc(CN(C(=O)C2CC2c2ccccc2)c2ccc3c(c2)C(NS(=O)(=O)c2cccc(Cl)c2)CCC3)n1. The lowest BCUT2D eigenvalue weighted by Gasteiger charge is -2.29. The van der Waals surface area contributed by atoms with Crippen LogP contribution in [0, 0.1) is 12.8 Å². The molecule has 1 aromatic heterocycles. The van der Waals surface area contributed by atoms with Crippen LogP contribution in [0.15, 0.2) is 95.9 Å². The first-order chi connectivity index (χ1) is 20.8. The fourth-order valence-corrected chi connectivity index (χ4v) is 7.40. The van der Waals surface area contributed by atoms with Crippen molar-refractivity contribution in [2.24, 2.45) is 5.92 Å². The summed E-state index contributed by atoms with van der Waals surface area (Å²) in [6, 6.07) is 27.9. The number of hydrogen-bond donors (Lipinski definition) is 1. The summed E-state index contributed by atoms with van der Waals surface area (Å²) in [6.45, 7) is 6.29. The highest BCUT2D eigenvalue weighted by Crippen LogP contribution is 2.49. The van der Waals surface area contributed by atoms with E-state index < -0.39 is 16.1 Å². The van der Waals surface area contributed by atoms with Crippen LogP contribution in [0.4, 0.5) is 5.69 Å². The van der Waals surface area contributed by atoms with Crippen LogP contribution in [0.1, 0.15) is 73.1 Å². The van der Waals surface area contributed by atoms with Gasteiger partial charge >= 0.3 is 0 Å². The highest BCUT2D eigenvalue weighted by Gasteiger charge is 2.46. The number of pyridine rings is 1. The fraction of sp³-hybridized carbons (Fsp3) is 0.314. The lowest BCUT2D eigenvalue weighted by Crippen LogP contribution is -2.34. The first kappa shape index (κ1) is 30.9. The Bertz CT molecular complexity index is 1690. The molecule has 0 saturated heterocycles. The number of hydrogen-bond acceptors (Lipinski definition) is 4. The van der Waals surface area contributed by atoms with Crippen molar-refractivity contribution in [2.45, 2.75) is 69.9 Å². The van der Waals surface area contributed by atoms with E-state index in [0.29, 0.717) is 18.0 Å². The average molecular weight is 616 g/mol. The fourth-order valence-electron chi connectivity index (χ4n) is 5.85. The van der Waals surface area contributed by atoms with Gasteiger partial charge in [0, 0.05) is 28.4 Å². The van der Waals surface area contributed by atoms with E-state index in [9.17, 15) is 13.2 Å².